The highest BCUT2D eigenvalue weighted by atomic mass is 16.4. The van der Waals surface area contributed by atoms with E-state index in [9.17, 15) is 19.5 Å². The normalized spacial score (nSPS) is 12.2. The fourth-order valence-corrected chi connectivity index (χ4v) is 4.04. The summed E-state index contributed by atoms with van der Waals surface area (Å²) in [6.07, 6.45) is 5.92. The van der Waals surface area contributed by atoms with Crippen LogP contribution in [0.25, 0.3) is 27.9 Å². The zero-order valence-electron chi connectivity index (χ0n) is 19.2. The summed E-state index contributed by atoms with van der Waals surface area (Å²) in [5.74, 6) is -1.24. The summed E-state index contributed by atoms with van der Waals surface area (Å²) in [4.78, 5) is 37.8. The van der Waals surface area contributed by atoms with Crippen molar-refractivity contribution in [3.05, 3.63) is 86.7 Å². The predicted octanol–water partition coefficient (Wildman–Crippen LogP) is 3.85. The van der Waals surface area contributed by atoms with Gasteiger partial charge in [-0.3, -0.25) is 14.2 Å². The van der Waals surface area contributed by atoms with Crippen LogP contribution in [0.3, 0.4) is 0 Å². The molecule has 4 rings (SSSR count). The summed E-state index contributed by atoms with van der Waals surface area (Å²) < 4.78 is 4.27. The second kappa shape index (κ2) is 8.24. The lowest BCUT2D eigenvalue weighted by Crippen LogP contribution is -2.41. The topological polar surface area (TPSA) is 86.2 Å². The van der Waals surface area contributed by atoms with Crippen LogP contribution in [0, 0.1) is 5.41 Å². The highest BCUT2D eigenvalue weighted by Crippen LogP contribution is 2.23. The fourth-order valence-electron chi connectivity index (χ4n) is 4.04. The quantitative estimate of drug-likeness (QED) is 0.506. The average Bonchev–Trinajstić information content (AvgIpc) is 3.07. The zero-order valence-corrected chi connectivity index (χ0v) is 19.2. The first-order valence-corrected chi connectivity index (χ1v) is 10.8. The van der Waals surface area contributed by atoms with Crippen molar-refractivity contribution in [1.29, 1.82) is 0 Å². The molecule has 0 aliphatic carbocycles. The summed E-state index contributed by atoms with van der Waals surface area (Å²) in [6.45, 7) is 5.75. The van der Waals surface area contributed by atoms with E-state index >= 15 is 0 Å². The number of carboxylic acids is 1. The molecule has 1 N–H and O–H groups in total. The van der Waals surface area contributed by atoms with Crippen molar-refractivity contribution >= 4 is 33.9 Å². The molecule has 0 aliphatic rings. The van der Waals surface area contributed by atoms with Crippen LogP contribution in [-0.4, -0.2) is 24.8 Å². The maximum atomic E-state index is 13.3. The van der Waals surface area contributed by atoms with Gasteiger partial charge in [-0.1, -0.05) is 57.2 Å². The first-order chi connectivity index (χ1) is 15.5. The van der Waals surface area contributed by atoms with E-state index in [1.165, 1.54) is 4.57 Å². The lowest BCUT2D eigenvalue weighted by atomic mass is 9.95. The molecule has 2 aromatic heterocycles. The molecule has 0 unspecified atom stereocenters. The Hall–Kier alpha value is -3.87. The first kappa shape index (κ1) is 22.3. The van der Waals surface area contributed by atoms with Crippen molar-refractivity contribution in [2.75, 3.05) is 0 Å². The van der Waals surface area contributed by atoms with Gasteiger partial charge in [0, 0.05) is 24.1 Å². The van der Waals surface area contributed by atoms with Crippen LogP contribution in [-0.2, 0) is 24.9 Å². The minimum Gasteiger partial charge on any atom is -0.480 e. The number of aliphatic carboxylic acids is 1. The van der Waals surface area contributed by atoms with E-state index in [4.69, 9.17) is 0 Å². The first-order valence-electron chi connectivity index (χ1n) is 10.8. The van der Waals surface area contributed by atoms with E-state index in [0.717, 1.165) is 26.6 Å². The SMILES string of the molecule is Cn1cc(Cn2c(=O)n(CC(=O)O)c(=O)c3cc(/C=C/C(C)(C)C)ccc32)c2ccccc21. The Labute approximate surface area is 190 Å². The minimum atomic E-state index is -1.24. The summed E-state index contributed by atoms with van der Waals surface area (Å²) in [5, 5.41) is 10.6. The number of carboxylic acid groups (broad SMARTS) is 1. The molecule has 2 heterocycles. The van der Waals surface area contributed by atoms with Crippen LogP contribution >= 0.6 is 0 Å². The number of aryl methyl sites for hydroxylation is 1. The Morgan fingerprint density at radius 1 is 1.00 bits per heavy atom. The Balaban J connectivity index is 1.95. The maximum Gasteiger partial charge on any atom is 0.332 e. The lowest BCUT2D eigenvalue weighted by molar-refractivity contribution is -0.137. The van der Waals surface area contributed by atoms with E-state index in [1.807, 2.05) is 60.3 Å². The molecule has 0 atom stereocenters. The number of nitrogens with zero attached hydrogens (tertiary/aromatic N) is 3. The van der Waals surface area contributed by atoms with Gasteiger partial charge in [0.15, 0.2) is 0 Å². The molecular weight excluding hydrogens is 418 g/mol. The number of aromatic nitrogens is 3. The zero-order chi connectivity index (χ0) is 23.9. The monoisotopic (exact) mass is 445 g/mol. The summed E-state index contributed by atoms with van der Waals surface area (Å²) >= 11 is 0. The number of fused-ring (bicyclic) bond motifs is 2. The van der Waals surface area contributed by atoms with Gasteiger partial charge in [0.1, 0.15) is 6.54 Å². The third-order valence-electron chi connectivity index (χ3n) is 5.63. The Morgan fingerprint density at radius 3 is 2.42 bits per heavy atom. The Morgan fingerprint density at radius 2 is 1.73 bits per heavy atom. The molecule has 0 aliphatic heterocycles. The molecule has 2 aromatic carbocycles. The summed E-state index contributed by atoms with van der Waals surface area (Å²) in [7, 11) is 1.94. The van der Waals surface area contributed by atoms with Gasteiger partial charge < -0.3 is 9.67 Å². The highest BCUT2D eigenvalue weighted by Gasteiger charge is 2.17. The fraction of sp³-hybridized carbons (Fsp3) is 0.269. The third kappa shape index (κ3) is 4.39. The van der Waals surface area contributed by atoms with Crippen LogP contribution in [0.4, 0.5) is 0 Å². The standard InChI is InChI=1S/C26H27N3O4/c1-26(2,3)12-11-17-9-10-22-20(13-17)24(32)29(16-23(30)31)25(33)28(22)15-18-14-27(4)21-8-6-5-7-19(18)21/h5-14H,15-16H2,1-4H3,(H,30,31)/b12-11+. The van der Waals surface area contributed by atoms with E-state index in [1.54, 1.807) is 12.1 Å². The van der Waals surface area contributed by atoms with Crippen LogP contribution in [0.2, 0.25) is 0 Å². The highest BCUT2D eigenvalue weighted by molar-refractivity contribution is 5.85. The van der Waals surface area contributed by atoms with Crippen molar-refractivity contribution in [3.8, 4) is 0 Å². The molecule has 0 saturated heterocycles. The van der Waals surface area contributed by atoms with Crippen molar-refractivity contribution in [2.24, 2.45) is 12.5 Å². The predicted molar refractivity (Wildman–Crippen MR) is 131 cm³/mol. The van der Waals surface area contributed by atoms with Crippen molar-refractivity contribution in [2.45, 2.75) is 33.9 Å². The molecule has 0 bridgehead atoms. The second-order valence-electron chi connectivity index (χ2n) is 9.41. The number of carbonyl (C=O) groups is 1. The van der Waals surface area contributed by atoms with E-state index in [0.29, 0.717) is 10.9 Å². The molecule has 0 amide bonds. The average molecular weight is 446 g/mol. The van der Waals surface area contributed by atoms with Gasteiger partial charge in [-0.15, -0.1) is 0 Å². The van der Waals surface area contributed by atoms with E-state index < -0.39 is 23.8 Å². The molecular formula is C26H27N3O4. The largest absolute Gasteiger partial charge is 0.480 e. The van der Waals surface area contributed by atoms with Crippen molar-refractivity contribution < 1.29 is 9.90 Å². The smallest absolute Gasteiger partial charge is 0.332 e. The van der Waals surface area contributed by atoms with E-state index in [-0.39, 0.29) is 12.0 Å². The van der Waals surface area contributed by atoms with Crippen LogP contribution in [0.1, 0.15) is 31.9 Å². The van der Waals surface area contributed by atoms with Crippen molar-refractivity contribution in [1.82, 2.24) is 13.7 Å². The molecule has 7 nitrogen and oxygen atoms in total. The number of allylic oxidation sites excluding steroid dienone is 1. The molecule has 0 fully saturated rings. The third-order valence-corrected chi connectivity index (χ3v) is 5.63. The Kier molecular flexibility index (Phi) is 5.57. The van der Waals surface area contributed by atoms with Crippen LogP contribution in [0.5, 0.6) is 0 Å². The molecule has 7 heteroatoms. The van der Waals surface area contributed by atoms with Crippen LogP contribution < -0.4 is 11.2 Å². The van der Waals surface area contributed by atoms with Gasteiger partial charge in [0.2, 0.25) is 0 Å². The summed E-state index contributed by atoms with van der Waals surface area (Å²) in [5.41, 5.74) is 1.95. The van der Waals surface area contributed by atoms with Crippen LogP contribution in [0.15, 0.2) is 64.3 Å². The number of benzene rings is 2. The minimum absolute atomic E-state index is 0.0361. The molecule has 0 radical (unpaired) electrons. The summed E-state index contributed by atoms with van der Waals surface area (Å²) in [6, 6.07) is 13.2. The van der Waals surface area contributed by atoms with Gasteiger partial charge >= 0.3 is 11.7 Å². The Bertz CT molecular complexity index is 1530. The number of hydrogen-bond donors (Lipinski definition) is 1. The molecule has 33 heavy (non-hydrogen) atoms. The number of rotatable bonds is 5. The van der Waals surface area contributed by atoms with Gasteiger partial charge in [-0.2, -0.15) is 0 Å². The molecule has 0 saturated carbocycles. The van der Waals surface area contributed by atoms with Crippen molar-refractivity contribution in [3.63, 3.8) is 0 Å². The van der Waals surface area contributed by atoms with Gasteiger partial charge in [-0.25, -0.2) is 9.36 Å². The van der Waals surface area contributed by atoms with Gasteiger partial charge in [0.05, 0.1) is 17.4 Å². The number of para-hydroxylation sites is 1. The lowest BCUT2D eigenvalue weighted by Gasteiger charge is -2.14. The van der Waals surface area contributed by atoms with Gasteiger partial charge in [0.25, 0.3) is 5.56 Å². The molecule has 0 spiro atoms. The molecule has 4 aromatic rings. The van der Waals surface area contributed by atoms with Gasteiger partial charge in [-0.05, 0) is 34.7 Å². The van der Waals surface area contributed by atoms with E-state index in [2.05, 4.69) is 20.8 Å². The molecule has 170 valence electrons. The maximum absolute atomic E-state index is 13.3. The number of hydrogen-bond acceptors (Lipinski definition) is 3. The second-order valence-corrected chi connectivity index (χ2v) is 9.41.